The number of fused-ring (bicyclic) bond motifs is 5. The molecular formula is C26H17Cl6N3O6. The number of rotatable bonds is 7. The van der Waals surface area contributed by atoms with Crippen molar-refractivity contribution >= 4 is 98.8 Å². The predicted octanol–water partition coefficient (Wildman–Crippen LogP) is 6.06. The van der Waals surface area contributed by atoms with Crippen LogP contribution >= 0.6 is 69.6 Å². The number of hydrogen-bond acceptors (Lipinski definition) is 6. The quantitative estimate of drug-likeness (QED) is 0.115. The zero-order valence-corrected chi connectivity index (χ0v) is 25.2. The number of nitrogens with zero attached hydrogens (tertiary/aromatic N) is 3. The molecule has 3 amide bonds. The van der Waals surface area contributed by atoms with Crippen LogP contribution in [0.15, 0.2) is 64.7 Å². The zero-order valence-electron chi connectivity index (χ0n) is 20.7. The van der Waals surface area contributed by atoms with Crippen LogP contribution in [0.3, 0.4) is 0 Å². The molecule has 1 aliphatic heterocycles. The van der Waals surface area contributed by atoms with Crippen LogP contribution < -0.4 is 0 Å². The molecule has 0 radical (unpaired) electrons. The zero-order chi connectivity index (χ0) is 30.2. The van der Waals surface area contributed by atoms with Crippen molar-refractivity contribution in [3.05, 3.63) is 85.9 Å². The Kier molecular flexibility index (Phi) is 7.41. The van der Waals surface area contributed by atoms with E-state index < -0.39 is 60.4 Å². The maximum atomic E-state index is 14.1. The highest BCUT2D eigenvalue weighted by Crippen LogP contribution is 2.77. The number of non-ortho nitro benzene ring substituents is 1. The van der Waals surface area contributed by atoms with Gasteiger partial charge in [-0.3, -0.25) is 29.3 Å². The van der Waals surface area contributed by atoms with Crippen molar-refractivity contribution in [2.45, 2.75) is 33.5 Å². The lowest BCUT2D eigenvalue weighted by atomic mass is 9.84. The summed E-state index contributed by atoms with van der Waals surface area (Å²) < 4.78 is -2.19. The first-order chi connectivity index (χ1) is 19.2. The standard InChI is InChI=1S/C26H17Cl6N3O6/c1-2-15(18(36)12-6-4-3-5-7-12)33(21(37)13-8-10-14(11-9-13)35(40)41)34-22(38)16-17(23(34)39)25(30)20(28)19(27)24(16,29)26(25,31)32/h3-11,15-17H,2H2,1H3/t15-,16-,17+,24-,25-/m1/s1. The van der Waals surface area contributed by atoms with Gasteiger partial charge in [0.1, 0.15) is 15.8 Å². The molecule has 2 aromatic carbocycles. The molecule has 0 aromatic heterocycles. The number of hydrazine groups is 1. The number of imide groups is 1. The minimum Gasteiger partial charge on any atom is -0.292 e. The fourth-order valence-corrected chi connectivity index (χ4v) is 8.62. The fraction of sp³-hybridized carbons (Fsp3) is 0.308. The van der Waals surface area contributed by atoms with E-state index in [1.54, 1.807) is 25.1 Å². The van der Waals surface area contributed by atoms with Gasteiger partial charge in [-0.25, -0.2) is 5.01 Å². The van der Waals surface area contributed by atoms with Crippen molar-refractivity contribution in [2.24, 2.45) is 11.8 Å². The number of carbonyl (C=O) groups is 4. The Bertz CT molecular complexity index is 1500. The summed E-state index contributed by atoms with van der Waals surface area (Å²) in [6.45, 7) is 1.58. The van der Waals surface area contributed by atoms with Crippen molar-refractivity contribution in [2.75, 3.05) is 0 Å². The summed E-state index contributed by atoms with van der Waals surface area (Å²) in [5.74, 6) is -6.69. The SMILES string of the molecule is CC[C@H](C(=O)c1ccccc1)N(C(=O)c1ccc([N+](=O)[O-])cc1)N1C(=O)[C@@H]2[C@H](C1=O)[C@@]1(Cl)C(Cl)=C(Cl)[C@@]2(Cl)C1(Cl)Cl. The van der Waals surface area contributed by atoms with E-state index in [2.05, 4.69) is 0 Å². The van der Waals surface area contributed by atoms with Gasteiger partial charge in [-0.05, 0) is 18.6 Å². The summed E-state index contributed by atoms with van der Waals surface area (Å²) >= 11 is 39.5. The Morgan fingerprint density at radius 1 is 0.902 bits per heavy atom. The largest absolute Gasteiger partial charge is 0.292 e. The second-order valence-corrected chi connectivity index (χ2v) is 13.0. The van der Waals surface area contributed by atoms with Gasteiger partial charge in [-0.15, -0.1) is 23.2 Å². The van der Waals surface area contributed by atoms with Crippen molar-refractivity contribution in [1.82, 2.24) is 10.0 Å². The topological polar surface area (TPSA) is 118 Å². The van der Waals surface area contributed by atoms with Gasteiger partial charge < -0.3 is 0 Å². The van der Waals surface area contributed by atoms with Gasteiger partial charge in [0.25, 0.3) is 23.4 Å². The molecule has 1 heterocycles. The first-order valence-corrected chi connectivity index (χ1v) is 14.3. The number of benzene rings is 2. The van der Waals surface area contributed by atoms with Crippen molar-refractivity contribution < 1.29 is 24.1 Å². The molecule has 214 valence electrons. The minimum atomic E-state index is -2.19. The summed E-state index contributed by atoms with van der Waals surface area (Å²) in [7, 11) is 0. The molecule has 1 saturated heterocycles. The molecule has 9 nitrogen and oxygen atoms in total. The number of hydrogen-bond donors (Lipinski definition) is 0. The molecular weight excluding hydrogens is 663 g/mol. The van der Waals surface area contributed by atoms with Crippen LogP contribution in [-0.2, 0) is 9.59 Å². The van der Waals surface area contributed by atoms with Crippen molar-refractivity contribution in [3.63, 3.8) is 0 Å². The minimum absolute atomic E-state index is 0.0361. The highest BCUT2D eigenvalue weighted by Gasteiger charge is 2.88. The van der Waals surface area contributed by atoms with E-state index >= 15 is 0 Å². The lowest BCUT2D eigenvalue weighted by molar-refractivity contribution is -0.384. The first-order valence-electron chi connectivity index (χ1n) is 12.0. The smallest absolute Gasteiger partial charge is 0.273 e. The molecule has 1 saturated carbocycles. The third-order valence-electron chi connectivity index (χ3n) is 7.68. The number of alkyl halides is 4. The van der Waals surface area contributed by atoms with Crippen LogP contribution in [0.4, 0.5) is 5.69 Å². The Hall–Kier alpha value is -2.40. The van der Waals surface area contributed by atoms with E-state index in [0.717, 1.165) is 29.3 Å². The highest BCUT2D eigenvalue weighted by molar-refractivity contribution is 6.66. The number of halogens is 6. The lowest BCUT2D eigenvalue weighted by Crippen LogP contribution is -2.60. The molecule has 5 atom stereocenters. The Morgan fingerprint density at radius 3 is 1.83 bits per heavy atom. The second-order valence-electron chi connectivity index (χ2n) is 9.68. The number of amides is 3. The third-order valence-corrected chi connectivity index (χ3v) is 11.9. The van der Waals surface area contributed by atoms with E-state index in [4.69, 9.17) is 69.6 Å². The van der Waals surface area contributed by atoms with E-state index in [9.17, 15) is 29.3 Å². The van der Waals surface area contributed by atoms with Crippen LogP contribution in [0.25, 0.3) is 0 Å². The molecule has 0 unspecified atom stereocenters. The van der Waals surface area contributed by atoms with E-state index in [-0.39, 0.29) is 33.3 Å². The fourth-order valence-electron chi connectivity index (χ4n) is 5.69. The molecule has 2 bridgehead atoms. The number of Topliss-reactive ketones (excluding diaryl/α,β-unsaturated/α-hetero) is 1. The molecule has 2 aromatic rings. The van der Waals surface area contributed by atoms with Gasteiger partial charge in [0.15, 0.2) is 10.1 Å². The highest BCUT2D eigenvalue weighted by atomic mass is 35.5. The van der Waals surface area contributed by atoms with Gasteiger partial charge in [0.05, 0.1) is 26.8 Å². The number of ketones is 1. The maximum Gasteiger partial charge on any atom is 0.273 e. The van der Waals surface area contributed by atoms with Crippen molar-refractivity contribution in [3.8, 4) is 0 Å². The molecule has 2 fully saturated rings. The molecule has 2 aliphatic carbocycles. The van der Waals surface area contributed by atoms with Crippen molar-refractivity contribution in [1.29, 1.82) is 0 Å². The molecule has 5 rings (SSSR count). The first kappa shape index (κ1) is 30.1. The summed E-state index contributed by atoms with van der Waals surface area (Å²) in [5, 5.41) is 11.8. The maximum absolute atomic E-state index is 14.1. The van der Waals surface area contributed by atoms with Crippen LogP contribution in [0, 0.1) is 22.0 Å². The lowest BCUT2D eigenvalue weighted by Gasteiger charge is -2.39. The van der Waals surface area contributed by atoms with E-state index in [1.807, 2.05) is 0 Å². The second kappa shape index (κ2) is 10.1. The Labute approximate surface area is 262 Å². The Morgan fingerprint density at radius 2 is 1.39 bits per heavy atom. The van der Waals surface area contributed by atoms with Crippen LogP contribution in [0.1, 0.15) is 34.1 Å². The van der Waals surface area contributed by atoms with Crippen LogP contribution in [0.5, 0.6) is 0 Å². The monoisotopic (exact) mass is 677 g/mol. The van der Waals surface area contributed by atoms with Crippen LogP contribution in [-0.4, -0.2) is 58.6 Å². The summed E-state index contributed by atoms with van der Waals surface area (Å²) in [4.78, 5) is 62.2. The predicted molar refractivity (Wildman–Crippen MR) is 153 cm³/mol. The van der Waals surface area contributed by atoms with Gasteiger partial charge in [0, 0.05) is 23.3 Å². The van der Waals surface area contributed by atoms with Gasteiger partial charge in [-0.2, -0.15) is 5.01 Å². The van der Waals surface area contributed by atoms with Gasteiger partial charge >= 0.3 is 0 Å². The van der Waals surface area contributed by atoms with E-state index in [0.29, 0.717) is 5.01 Å². The molecule has 41 heavy (non-hydrogen) atoms. The normalized spacial score (nSPS) is 28.6. The van der Waals surface area contributed by atoms with Crippen LogP contribution in [0.2, 0.25) is 0 Å². The van der Waals surface area contributed by atoms with Gasteiger partial charge in [0.2, 0.25) is 0 Å². The number of nitro groups is 1. The summed E-state index contributed by atoms with van der Waals surface area (Å²) in [6.07, 6.45) is -0.0361. The summed E-state index contributed by atoms with van der Waals surface area (Å²) in [5.41, 5.74) is -0.241. The summed E-state index contributed by atoms with van der Waals surface area (Å²) in [6, 6.07) is 11.0. The number of allylic oxidation sites excluding steroid dienone is 2. The number of carbonyl (C=O) groups excluding carboxylic acids is 4. The molecule has 0 spiro atoms. The average molecular weight is 680 g/mol. The molecule has 0 N–H and O–H groups in total. The Balaban J connectivity index is 1.66. The van der Waals surface area contributed by atoms with E-state index in [1.165, 1.54) is 12.1 Å². The third kappa shape index (κ3) is 3.83. The average Bonchev–Trinajstić information content (AvgIpc) is 3.34. The van der Waals surface area contributed by atoms with Gasteiger partial charge in [-0.1, -0.05) is 83.7 Å². The number of nitro benzene ring substituents is 1. The molecule has 15 heteroatoms. The molecule has 3 aliphatic rings.